The maximum atomic E-state index is 11.4. The van der Waals surface area contributed by atoms with Crippen LogP contribution in [0.1, 0.15) is 45.6 Å². The molecule has 156 valence electrons. The number of aliphatic hydroxyl groups excluding tert-OH is 1. The van der Waals surface area contributed by atoms with Crippen LogP contribution in [0, 0.1) is 0 Å². The van der Waals surface area contributed by atoms with E-state index in [2.05, 4.69) is 24.4 Å². The van der Waals surface area contributed by atoms with Crippen molar-refractivity contribution < 1.29 is 15.0 Å². The van der Waals surface area contributed by atoms with Crippen molar-refractivity contribution in [2.24, 2.45) is 0 Å². The number of aromatic carboxylic acids is 1. The average molecular weight is 424 g/mol. The van der Waals surface area contributed by atoms with Gasteiger partial charge >= 0.3 is 5.97 Å². The van der Waals surface area contributed by atoms with Gasteiger partial charge in [0.1, 0.15) is 0 Å². The van der Waals surface area contributed by atoms with E-state index in [4.69, 9.17) is 11.6 Å². The lowest BCUT2D eigenvalue weighted by Gasteiger charge is -2.18. The number of benzene rings is 3. The van der Waals surface area contributed by atoms with Crippen molar-refractivity contribution in [1.29, 1.82) is 0 Å². The number of carboxylic acids is 1. The first kappa shape index (κ1) is 22.0. The van der Waals surface area contributed by atoms with Crippen molar-refractivity contribution >= 4 is 17.6 Å². The number of carbonyl (C=O) groups is 1. The monoisotopic (exact) mass is 423 g/mol. The lowest BCUT2D eigenvalue weighted by atomic mass is 9.98. The van der Waals surface area contributed by atoms with Crippen LogP contribution in [-0.4, -0.2) is 28.8 Å². The van der Waals surface area contributed by atoms with Gasteiger partial charge < -0.3 is 15.5 Å². The van der Waals surface area contributed by atoms with Crippen molar-refractivity contribution in [3.63, 3.8) is 0 Å². The Kier molecular flexibility index (Phi) is 7.63. The van der Waals surface area contributed by atoms with E-state index in [9.17, 15) is 15.0 Å². The molecule has 2 atom stereocenters. The summed E-state index contributed by atoms with van der Waals surface area (Å²) in [6.07, 6.45) is 0.805. The van der Waals surface area contributed by atoms with Crippen molar-refractivity contribution in [2.45, 2.75) is 31.9 Å². The van der Waals surface area contributed by atoms with Gasteiger partial charge in [0, 0.05) is 17.6 Å². The molecule has 4 nitrogen and oxygen atoms in total. The van der Waals surface area contributed by atoms with Crippen LogP contribution >= 0.6 is 11.6 Å². The van der Waals surface area contributed by atoms with Crippen LogP contribution in [-0.2, 0) is 12.8 Å². The van der Waals surface area contributed by atoms with Crippen LogP contribution in [0.2, 0.25) is 5.02 Å². The quantitative estimate of drug-likeness (QED) is 0.458. The van der Waals surface area contributed by atoms with Crippen molar-refractivity contribution in [3.8, 4) is 0 Å². The SMILES string of the molecule is CC(Cc1ccc(Cc2ccccc2C(=O)O)cc1)NCC(O)c1cccc(Cl)c1. The molecule has 3 rings (SSSR count). The molecular weight excluding hydrogens is 398 g/mol. The summed E-state index contributed by atoms with van der Waals surface area (Å²) >= 11 is 5.99. The number of rotatable bonds is 9. The standard InChI is InChI=1S/C25H26ClNO3/c1-17(27-16-24(28)21-6-4-7-22(26)15-21)13-18-9-11-19(12-10-18)14-20-5-2-3-8-23(20)25(29)30/h2-12,15,17,24,27-28H,13-14,16H2,1H3,(H,29,30). The van der Waals surface area contributed by atoms with Crippen LogP contribution in [0.5, 0.6) is 0 Å². The second kappa shape index (κ2) is 10.4. The van der Waals surface area contributed by atoms with Gasteiger partial charge in [0.05, 0.1) is 11.7 Å². The highest BCUT2D eigenvalue weighted by Crippen LogP contribution is 2.18. The Morgan fingerprint density at radius 1 is 1.00 bits per heavy atom. The van der Waals surface area contributed by atoms with Crippen molar-refractivity contribution in [1.82, 2.24) is 5.32 Å². The van der Waals surface area contributed by atoms with Gasteiger partial charge in [0.15, 0.2) is 0 Å². The predicted octanol–water partition coefficient (Wildman–Crippen LogP) is 4.88. The van der Waals surface area contributed by atoms with E-state index >= 15 is 0 Å². The Morgan fingerprint density at radius 3 is 2.40 bits per heavy atom. The Hall–Kier alpha value is -2.66. The minimum Gasteiger partial charge on any atom is -0.478 e. The number of nitrogens with one attached hydrogen (secondary N) is 1. The van der Waals surface area contributed by atoms with Crippen LogP contribution in [0.15, 0.2) is 72.8 Å². The van der Waals surface area contributed by atoms with Gasteiger partial charge in [-0.3, -0.25) is 0 Å². The fraction of sp³-hybridized carbons (Fsp3) is 0.240. The Morgan fingerprint density at radius 2 is 1.70 bits per heavy atom. The average Bonchev–Trinajstić information content (AvgIpc) is 2.73. The summed E-state index contributed by atoms with van der Waals surface area (Å²) in [5.74, 6) is -0.901. The van der Waals surface area contributed by atoms with Gasteiger partial charge in [0.2, 0.25) is 0 Å². The molecule has 0 aromatic heterocycles. The maximum absolute atomic E-state index is 11.4. The molecule has 0 spiro atoms. The minimum absolute atomic E-state index is 0.192. The smallest absolute Gasteiger partial charge is 0.335 e. The summed E-state index contributed by atoms with van der Waals surface area (Å²) in [6.45, 7) is 2.53. The molecule has 30 heavy (non-hydrogen) atoms. The third-order valence-electron chi connectivity index (χ3n) is 5.10. The number of carboxylic acid groups (broad SMARTS) is 1. The summed E-state index contributed by atoms with van der Waals surface area (Å²) in [4.78, 5) is 11.4. The lowest BCUT2D eigenvalue weighted by Crippen LogP contribution is -2.32. The summed E-state index contributed by atoms with van der Waals surface area (Å²) in [6, 6.07) is 22.8. The van der Waals surface area contributed by atoms with Crippen molar-refractivity contribution in [3.05, 3.63) is 106 Å². The predicted molar refractivity (Wildman–Crippen MR) is 120 cm³/mol. The van der Waals surface area contributed by atoms with Gasteiger partial charge in [0.25, 0.3) is 0 Å². The Bertz CT molecular complexity index is 988. The first-order valence-electron chi connectivity index (χ1n) is 9.98. The Labute approximate surface area is 182 Å². The number of hydrogen-bond donors (Lipinski definition) is 3. The van der Waals surface area contributed by atoms with E-state index in [0.717, 1.165) is 23.1 Å². The van der Waals surface area contributed by atoms with E-state index in [1.807, 2.05) is 36.4 Å². The highest BCUT2D eigenvalue weighted by molar-refractivity contribution is 6.30. The molecule has 0 fully saturated rings. The van der Waals surface area contributed by atoms with Crippen LogP contribution in [0.25, 0.3) is 0 Å². The van der Waals surface area contributed by atoms with Crippen LogP contribution < -0.4 is 5.32 Å². The second-order valence-corrected chi connectivity index (χ2v) is 7.98. The zero-order valence-electron chi connectivity index (χ0n) is 16.9. The zero-order valence-corrected chi connectivity index (χ0v) is 17.6. The molecular formula is C25H26ClNO3. The molecule has 0 saturated carbocycles. The molecule has 3 aromatic carbocycles. The van der Waals surface area contributed by atoms with Crippen LogP contribution in [0.4, 0.5) is 0 Å². The molecule has 0 amide bonds. The molecule has 0 aliphatic rings. The second-order valence-electron chi connectivity index (χ2n) is 7.54. The summed E-state index contributed by atoms with van der Waals surface area (Å²) in [5.41, 5.74) is 4.21. The van der Waals surface area contributed by atoms with E-state index in [1.54, 1.807) is 24.3 Å². The number of aliphatic hydroxyl groups is 1. The van der Waals surface area contributed by atoms with E-state index in [1.165, 1.54) is 5.56 Å². The number of hydrogen-bond acceptors (Lipinski definition) is 3. The molecule has 0 aliphatic heterocycles. The van der Waals surface area contributed by atoms with Gasteiger partial charge in [-0.15, -0.1) is 0 Å². The fourth-order valence-electron chi connectivity index (χ4n) is 3.47. The third kappa shape index (κ3) is 6.17. The van der Waals surface area contributed by atoms with E-state index < -0.39 is 12.1 Å². The molecule has 3 aromatic rings. The van der Waals surface area contributed by atoms with Crippen molar-refractivity contribution in [2.75, 3.05) is 6.54 Å². The molecule has 0 saturated heterocycles. The maximum Gasteiger partial charge on any atom is 0.335 e. The molecule has 0 aliphatic carbocycles. The summed E-state index contributed by atoms with van der Waals surface area (Å²) < 4.78 is 0. The van der Waals surface area contributed by atoms with Gasteiger partial charge in [-0.05, 0) is 60.2 Å². The third-order valence-corrected chi connectivity index (χ3v) is 5.34. The van der Waals surface area contributed by atoms with Gasteiger partial charge in [-0.2, -0.15) is 0 Å². The number of halogens is 1. The lowest BCUT2D eigenvalue weighted by molar-refractivity contribution is 0.0696. The molecule has 0 bridgehead atoms. The van der Waals surface area contributed by atoms with Crippen LogP contribution in [0.3, 0.4) is 0 Å². The normalized spacial score (nSPS) is 13.0. The van der Waals surface area contributed by atoms with E-state index in [-0.39, 0.29) is 6.04 Å². The van der Waals surface area contributed by atoms with Gasteiger partial charge in [-0.25, -0.2) is 4.79 Å². The topological polar surface area (TPSA) is 69.6 Å². The highest BCUT2D eigenvalue weighted by atomic mass is 35.5. The molecule has 2 unspecified atom stereocenters. The summed E-state index contributed by atoms with van der Waals surface area (Å²) in [5, 5.41) is 23.6. The van der Waals surface area contributed by atoms with Gasteiger partial charge in [-0.1, -0.05) is 66.2 Å². The Balaban J connectivity index is 1.53. The molecule has 0 heterocycles. The zero-order chi connectivity index (χ0) is 21.5. The van der Waals surface area contributed by atoms with E-state index in [0.29, 0.717) is 23.6 Å². The fourth-order valence-corrected chi connectivity index (χ4v) is 3.67. The minimum atomic E-state index is -0.901. The highest BCUT2D eigenvalue weighted by Gasteiger charge is 2.12. The largest absolute Gasteiger partial charge is 0.478 e. The first-order valence-corrected chi connectivity index (χ1v) is 10.4. The summed E-state index contributed by atoms with van der Waals surface area (Å²) in [7, 11) is 0. The molecule has 0 radical (unpaired) electrons. The molecule has 5 heteroatoms. The first-order chi connectivity index (χ1) is 14.4. The molecule has 3 N–H and O–H groups in total.